The van der Waals surface area contributed by atoms with Gasteiger partial charge in [0.25, 0.3) is 0 Å². The van der Waals surface area contributed by atoms with Crippen LogP contribution in [0.1, 0.15) is 44.5 Å². The first-order chi connectivity index (χ1) is 33.2. The number of benzene rings is 1. The standard InChI is InChI=1S/C44H60ClF3N8O12/c1-2-34-3-4-40(67-34)56-43-35(26-50-56)38(25-39(45)51-43)54-27-31(28-54)44(58)49-6-9-60-12-15-63-19-20-65-21-22-66-30-33-29-55(53-52-33)7-10-61-13-16-64-18-17-62-14-11-59-8-5-41(57)68-42-36(47)23-32(46)24-37(42)48/h23-26,29,31,34,40H,2-22,27-28,30H2,1H3,(H,49,58). The number of amides is 1. The van der Waals surface area contributed by atoms with Crippen molar-refractivity contribution in [2.75, 3.05) is 124 Å². The largest absolute Gasteiger partial charge is 0.420 e. The number of anilines is 1. The fraction of sp³-hybridized carbons (Fsp3) is 0.636. The number of carbonyl (C=O) groups is 2. The zero-order chi connectivity index (χ0) is 47.9. The number of hydrogen-bond acceptors (Lipinski definition) is 17. The monoisotopic (exact) mass is 984 g/mol. The van der Waals surface area contributed by atoms with E-state index in [0.29, 0.717) is 141 Å². The summed E-state index contributed by atoms with van der Waals surface area (Å²) >= 11 is 6.42. The predicted molar refractivity (Wildman–Crippen MR) is 237 cm³/mol. The van der Waals surface area contributed by atoms with E-state index in [1.165, 1.54) is 0 Å². The summed E-state index contributed by atoms with van der Waals surface area (Å²) in [5, 5.41) is 17.0. The molecule has 3 aromatic heterocycles. The third-order valence-electron chi connectivity index (χ3n) is 10.6. The van der Waals surface area contributed by atoms with Gasteiger partial charge in [0.2, 0.25) is 11.7 Å². The van der Waals surface area contributed by atoms with E-state index in [-0.39, 0.29) is 50.4 Å². The van der Waals surface area contributed by atoms with Gasteiger partial charge in [0.15, 0.2) is 23.5 Å². The highest BCUT2D eigenvalue weighted by Crippen LogP contribution is 2.37. The van der Waals surface area contributed by atoms with Crippen LogP contribution >= 0.6 is 11.6 Å². The molecule has 2 aliphatic heterocycles. The van der Waals surface area contributed by atoms with Crippen molar-refractivity contribution in [1.82, 2.24) is 35.1 Å². The van der Waals surface area contributed by atoms with Gasteiger partial charge in [0.05, 0.1) is 154 Å². The maximum absolute atomic E-state index is 13.6. The lowest BCUT2D eigenvalue weighted by Crippen LogP contribution is -2.54. The smallest absolute Gasteiger partial charge is 0.313 e. The van der Waals surface area contributed by atoms with Crippen molar-refractivity contribution in [3.05, 3.63) is 58.9 Å². The molecule has 24 heteroatoms. The Morgan fingerprint density at radius 1 is 0.794 bits per heavy atom. The molecule has 68 heavy (non-hydrogen) atoms. The van der Waals surface area contributed by atoms with Gasteiger partial charge in [-0.2, -0.15) is 5.10 Å². The number of esters is 1. The third-order valence-corrected chi connectivity index (χ3v) is 10.8. The molecule has 20 nitrogen and oxygen atoms in total. The maximum atomic E-state index is 13.6. The second-order valence-electron chi connectivity index (χ2n) is 15.6. The number of nitrogens with one attached hydrogen (secondary N) is 1. The molecule has 0 saturated carbocycles. The molecule has 5 heterocycles. The van der Waals surface area contributed by atoms with Gasteiger partial charge >= 0.3 is 5.97 Å². The minimum Gasteiger partial charge on any atom is -0.420 e. The summed E-state index contributed by atoms with van der Waals surface area (Å²) in [4.78, 5) is 31.2. The van der Waals surface area contributed by atoms with E-state index in [0.717, 1.165) is 30.3 Å². The molecule has 4 aromatic rings. The van der Waals surface area contributed by atoms with E-state index in [1.807, 2.05) is 10.7 Å². The third kappa shape index (κ3) is 17.1. The summed E-state index contributed by atoms with van der Waals surface area (Å²) < 4.78 is 98.3. The molecular weight excluding hydrogens is 925 g/mol. The molecule has 2 fully saturated rings. The molecule has 0 bridgehead atoms. The second kappa shape index (κ2) is 28.8. The van der Waals surface area contributed by atoms with Crippen LogP contribution in [0.5, 0.6) is 5.75 Å². The highest BCUT2D eigenvalue weighted by molar-refractivity contribution is 6.30. The molecule has 2 unspecified atom stereocenters. The fourth-order valence-electron chi connectivity index (χ4n) is 7.06. The molecule has 0 aliphatic carbocycles. The number of nitrogens with zero attached hydrogens (tertiary/aromatic N) is 7. The Labute approximate surface area is 396 Å². The molecular formula is C44H60ClF3N8O12. The topological polar surface area (TPSA) is 203 Å². The van der Waals surface area contributed by atoms with Crippen molar-refractivity contribution in [3.63, 3.8) is 0 Å². The number of carbonyl (C=O) groups excluding carboxylic acids is 2. The first-order valence-electron chi connectivity index (χ1n) is 22.8. The average molecular weight is 985 g/mol. The number of aromatic nitrogens is 6. The van der Waals surface area contributed by atoms with Gasteiger partial charge in [0.1, 0.15) is 16.7 Å². The van der Waals surface area contributed by atoms with Crippen LogP contribution in [0.4, 0.5) is 18.9 Å². The molecule has 2 atom stereocenters. The molecule has 2 aliphatic rings. The quantitative estimate of drug-likeness (QED) is 0.0304. The number of pyridine rings is 1. The zero-order valence-electron chi connectivity index (χ0n) is 38.1. The van der Waals surface area contributed by atoms with Gasteiger partial charge in [-0.25, -0.2) is 27.5 Å². The van der Waals surface area contributed by atoms with E-state index in [2.05, 4.69) is 42.3 Å². The molecule has 0 spiro atoms. The lowest BCUT2D eigenvalue weighted by atomic mass is 9.98. The van der Waals surface area contributed by atoms with E-state index in [4.69, 9.17) is 54.2 Å². The van der Waals surface area contributed by atoms with Crippen LogP contribution in [0.25, 0.3) is 11.0 Å². The summed E-state index contributed by atoms with van der Waals surface area (Å²) in [5.41, 5.74) is 2.30. The van der Waals surface area contributed by atoms with E-state index >= 15 is 0 Å². The number of rotatable bonds is 34. The maximum Gasteiger partial charge on any atom is 0.313 e. The Bertz CT molecular complexity index is 2130. The van der Waals surface area contributed by atoms with E-state index in [1.54, 1.807) is 17.1 Å². The number of ether oxygens (including phenoxy) is 10. The van der Waals surface area contributed by atoms with Gasteiger partial charge in [-0.3, -0.25) is 9.59 Å². The van der Waals surface area contributed by atoms with E-state index in [9.17, 15) is 22.8 Å². The van der Waals surface area contributed by atoms with Crippen LogP contribution in [0.2, 0.25) is 5.15 Å². The summed E-state index contributed by atoms with van der Waals surface area (Å²) in [6, 6.07) is 2.67. The summed E-state index contributed by atoms with van der Waals surface area (Å²) in [6.07, 6.45) is 6.25. The highest BCUT2D eigenvalue weighted by Gasteiger charge is 2.35. The Balaban J connectivity index is 0.661. The Morgan fingerprint density at radius 3 is 2.03 bits per heavy atom. The van der Waals surface area contributed by atoms with Crippen LogP contribution in [0, 0.1) is 23.4 Å². The summed E-state index contributed by atoms with van der Waals surface area (Å²) in [5.74, 6) is -5.74. The SMILES string of the molecule is CCC1CCC(n2ncc3c(N4CC(C(=O)NCCOCCOCCOCCOCc5cn(CCOCCOCCOCCOCCC(=O)Oc6c(F)cc(F)cc6F)nn5)C4)cc(Cl)nc32)O1. The van der Waals surface area contributed by atoms with Gasteiger partial charge in [-0.1, -0.05) is 23.7 Å². The zero-order valence-corrected chi connectivity index (χ0v) is 38.9. The summed E-state index contributed by atoms with van der Waals surface area (Å²) in [6.45, 7) is 9.55. The second-order valence-corrected chi connectivity index (χ2v) is 16.0. The minimum atomic E-state index is -1.31. The fourth-order valence-corrected chi connectivity index (χ4v) is 7.24. The van der Waals surface area contributed by atoms with Gasteiger partial charge < -0.3 is 57.6 Å². The Kier molecular flexibility index (Phi) is 22.4. The van der Waals surface area contributed by atoms with Gasteiger partial charge in [-0.05, 0) is 25.3 Å². The van der Waals surface area contributed by atoms with Crippen molar-refractivity contribution in [2.24, 2.45) is 5.92 Å². The van der Waals surface area contributed by atoms with Gasteiger partial charge in [-0.15, -0.1) is 5.10 Å². The number of hydrogen-bond donors (Lipinski definition) is 1. The lowest BCUT2D eigenvalue weighted by molar-refractivity contribution is -0.136. The van der Waals surface area contributed by atoms with Crippen molar-refractivity contribution in [3.8, 4) is 5.75 Å². The van der Waals surface area contributed by atoms with Crippen LogP contribution in [0.3, 0.4) is 0 Å². The Hall–Kier alpha value is -4.56. The van der Waals surface area contributed by atoms with Gasteiger partial charge in [0, 0.05) is 31.8 Å². The van der Waals surface area contributed by atoms with Crippen LogP contribution in [-0.2, 0) is 65.4 Å². The van der Waals surface area contributed by atoms with Crippen molar-refractivity contribution in [1.29, 1.82) is 0 Å². The number of fused-ring (bicyclic) bond motifs is 1. The normalized spacial score (nSPS) is 16.2. The van der Waals surface area contributed by atoms with Crippen LogP contribution in [-0.4, -0.2) is 166 Å². The molecule has 1 amide bonds. The first-order valence-corrected chi connectivity index (χ1v) is 23.1. The highest BCUT2D eigenvalue weighted by atomic mass is 35.5. The molecule has 0 radical (unpaired) electrons. The van der Waals surface area contributed by atoms with Crippen molar-refractivity contribution >= 4 is 40.2 Å². The molecule has 2 saturated heterocycles. The average Bonchev–Trinajstić information content (AvgIpc) is 4.08. The first kappa shape index (κ1) is 52.8. The molecule has 6 rings (SSSR count). The molecule has 1 N–H and O–H groups in total. The number of halogens is 4. The van der Waals surface area contributed by atoms with Crippen LogP contribution < -0.4 is 15.0 Å². The predicted octanol–water partition coefficient (Wildman–Crippen LogP) is 4.06. The minimum absolute atomic E-state index is 0.00885. The lowest BCUT2D eigenvalue weighted by Gasteiger charge is -2.40. The molecule has 376 valence electrons. The van der Waals surface area contributed by atoms with Crippen molar-refractivity contribution < 1.29 is 70.1 Å². The van der Waals surface area contributed by atoms with Crippen molar-refractivity contribution in [2.45, 2.75) is 58.1 Å². The van der Waals surface area contributed by atoms with Crippen LogP contribution in [0.15, 0.2) is 30.6 Å². The molecule has 1 aromatic carbocycles. The Morgan fingerprint density at radius 2 is 1.40 bits per heavy atom. The van der Waals surface area contributed by atoms with E-state index < -0.39 is 29.2 Å². The summed E-state index contributed by atoms with van der Waals surface area (Å²) in [7, 11) is 0.